The summed E-state index contributed by atoms with van der Waals surface area (Å²) in [6.45, 7) is 3.98. The molecule has 1 aliphatic carbocycles. The Hall–Kier alpha value is -2.75. The van der Waals surface area contributed by atoms with Crippen molar-refractivity contribution >= 4 is 17.2 Å². The average Bonchev–Trinajstić information content (AvgIpc) is 3.30. The lowest BCUT2D eigenvalue weighted by atomic mass is 9.90. The number of amides is 1. The molecule has 4 rings (SSSR count). The molecular formula is C16H18N6O3S. The Morgan fingerprint density at radius 2 is 2.27 bits per heavy atom. The Kier molecular flexibility index (Phi) is 4.19. The fourth-order valence-corrected chi connectivity index (χ4v) is 4.45. The van der Waals surface area contributed by atoms with Crippen LogP contribution in [-0.2, 0) is 24.2 Å². The van der Waals surface area contributed by atoms with Crippen molar-refractivity contribution < 1.29 is 9.32 Å². The van der Waals surface area contributed by atoms with Crippen LogP contribution in [0.15, 0.2) is 9.32 Å². The summed E-state index contributed by atoms with van der Waals surface area (Å²) in [6, 6.07) is 0. The molecule has 0 radical (unpaired) electrons. The molecule has 3 N–H and O–H groups in total. The van der Waals surface area contributed by atoms with Crippen molar-refractivity contribution in [1.82, 2.24) is 30.6 Å². The Morgan fingerprint density at radius 1 is 1.42 bits per heavy atom. The first-order chi connectivity index (χ1) is 12.5. The van der Waals surface area contributed by atoms with Crippen LogP contribution in [0, 0.1) is 19.8 Å². The van der Waals surface area contributed by atoms with Crippen molar-refractivity contribution in [2.75, 3.05) is 0 Å². The predicted molar refractivity (Wildman–Crippen MR) is 93.7 cm³/mol. The summed E-state index contributed by atoms with van der Waals surface area (Å²) in [6.07, 6.45) is 2.21. The number of carbonyl (C=O) groups excluding carboxylic acids is 1. The van der Waals surface area contributed by atoms with Crippen LogP contribution in [0.2, 0.25) is 0 Å². The van der Waals surface area contributed by atoms with Crippen LogP contribution in [-0.4, -0.2) is 31.2 Å². The molecule has 10 heteroatoms. The normalized spacial score (nSPS) is 16.5. The first-order valence-electron chi connectivity index (χ1n) is 8.34. The van der Waals surface area contributed by atoms with Gasteiger partial charge in [0, 0.05) is 17.2 Å². The largest absolute Gasteiger partial charge is 0.361 e. The zero-order valence-corrected chi connectivity index (χ0v) is 15.2. The first kappa shape index (κ1) is 16.7. The topological polar surface area (TPSA) is 130 Å². The van der Waals surface area contributed by atoms with E-state index in [0.717, 1.165) is 40.6 Å². The van der Waals surface area contributed by atoms with Crippen molar-refractivity contribution in [3.8, 4) is 10.6 Å². The van der Waals surface area contributed by atoms with Gasteiger partial charge >= 0.3 is 5.69 Å². The van der Waals surface area contributed by atoms with E-state index in [0.29, 0.717) is 12.2 Å². The van der Waals surface area contributed by atoms with Gasteiger partial charge in [0.1, 0.15) is 16.6 Å². The number of H-pyrrole nitrogens is 2. The Morgan fingerprint density at radius 3 is 2.96 bits per heavy atom. The predicted octanol–water partition coefficient (Wildman–Crippen LogP) is 1.25. The second kappa shape index (κ2) is 6.52. The van der Waals surface area contributed by atoms with Gasteiger partial charge in [0.05, 0.1) is 23.5 Å². The van der Waals surface area contributed by atoms with Crippen LogP contribution in [0.4, 0.5) is 0 Å². The number of aryl methyl sites for hydroxylation is 3. The van der Waals surface area contributed by atoms with Gasteiger partial charge in [-0.25, -0.2) is 14.9 Å². The molecular weight excluding hydrogens is 356 g/mol. The molecule has 3 heterocycles. The maximum absolute atomic E-state index is 12.4. The molecule has 1 unspecified atom stereocenters. The molecule has 0 bridgehead atoms. The second-order valence-electron chi connectivity index (χ2n) is 6.37. The molecule has 3 aromatic heterocycles. The number of carbonyl (C=O) groups is 1. The van der Waals surface area contributed by atoms with E-state index in [-0.39, 0.29) is 24.1 Å². The zero-order valence-electron chi connectivity index (χ0n) is 14.4. The molecule has 0 saturated heterocycles. The minimum atomic E-state index is -0.383. The van der Waals surface area contributed by atoms with Gasteiger partial charge in [0.2, 0.25) is 5.91 Å². The maximum Gasteiger partial charge on any atom is 0.340 e. The van der Waals surface area contributed by atoms with E-state index < -0.39 is 0 Å². The summed E-state index contributed by atoms with van der Waals surface area (Å²) < 4.78 is 5.24. The fraction of sp³-hybridized carbons (Fsp3) is 0.438. The van der Waals surface area contributed by atoms with Crippen LogP contribution in [0.5, 0.6) is 0 Å². The molecule has 0 fully saturated rings. The van der Waals surface area contributed by atoms with Gasteiger partial charge in [-0.05, 0) is 26.7 Å². The van der Waals surface area contributed by atoms with Crippen LogP contribution in [0.1, 0.15) is 34.3 Å². The third-order valence-corrected chi connectivity index (χ3v) is 5.71. The van der Waals surface area contributed by atoms with Gasteiger partial charge in [-0.2, -0.15) is 5.10 Å². The molecule has 136 valence electrons. The van der Waals surface area contributed by atoms with E-state index in [4.69, 9.17) is 9.51 Å². The average molecular weight is 374 g/mol. The molecule has 0 aromatic carbocycles. The SMILES string of the molecule is Cc1noc(C)c1-c1nc2c(s1)CCC(C(=O)NCc1n[nH]c(=O)[nH]1)C2. The van der Waals surface area contributed by atoms with Gasteiger partial charge in [-0.1, -0.05) is 5.16 Å². The fourth-order valence-electron chi connectivity index (χ4n) is 3.20. The lowest BCUT2D eigenvalue weighted by Gasteiger charge is -2.20. The molecule has 1 amide bonds. The van der Waals surface area contributed by atoms with Crippen molar-refractivity contribution in [1.29, 1.82) is 0 Å². The van der Waals surface area contributed by atoms with Crippen LogP contribution in [0.3, 0.4) is 0 Å². The lowest BCUT2D eigenvalue weighted by Crippen LogP contribution is -2.33. The third kappa shape index (κ3) is 3.07. The quantitative estimate of drug-likeness (QED) is 0.630. The van der Waals surface area contributed by atoms with Gasteiger partial charge < -0.3 is 9.84 Å². The second-order valence-corrected chi connectivity index (χ2v) is 7.45. The van der Waals surface area contributed by atoms with E-state index in [1.54, 1.807) is 11.3 Å². The highest BCUT2D eigenvalue weighted by molar-refractivity contribution is 7.15. The number of aromatic amines is 2. The number of rotatable bonds is 4. The van der Waals surface area contributed by atoms with Gasteiger partial charge in [-0.3, -0.25) is 9.78 Å². The van der Waals surface area contributed by atoms with Crippen molar-refractivity contribution in [3.05, 3.63) is 38.3 Å². The van der Waals surface area contributed by atoms with Crippen LogP contribution in [0.25, 0.3) is 10.6 Å². The highest BCUT2D eigenvalue weighted by atomic mass is 32.1. The van der Waals surface area contributed by atoms with Gasteiger partial charge in [0.15, 0.2) is 0 Å². The molecule has 26 heavy (non-hydrogen) atoms. The molecule has 1 aliphatic rings. The van der Waals surface area contributed by atoms with Crippen molar-refractivity contribution in [2.24, 2.45) is 5.92 Å². The maximum atomic E-state index is 12.4. The summed E-state index contributed by atoms with van der Waals surface area (Å²) in [5.41, 5.74) is 2.37. The molecule has 0 spiro atoms. The number of hydrogen-bond acceptors (Lipinski definition) is 7. The number of aromatic nitrogens is 5. The van der Waals surface area contributed by atoms with E-state index in [9.17, 15) is 9.59 Å². The zero-order chi connectivity index (χ0) is 18.3. The number of nitrogens with zero attached hydrogens (tertiary/aromatic N) is 3. The van der Waals surface area contributed by atoms with Crippen molar-refractivity contribution in [2.45, 2.75) is 39.7 Å². The van der Waals surface area contributed by atoms with Gasteiger partial charge in [-0.15, -0.1) is 11.3 Å². The number of hydrogen-bond donors (Lipinski definition) is 3. The smallest absolute Gasteiger partial charge is 0.340 e. The lowest BCUT2D eigenvalue weighted by molar-refractivity contribution is -0.125. The summed E-state index contributed by atoms with van der Waals surface area (Å²) in [4.78, 5) is 31.9. The van der Waals surface area contributed by atoms with Gasteiger partial charge in [0.25, 0.3) is 0 Å². The Bertz CT molecular complexity index is 994. The summed E-state index contributed by atoms with van der Waals surface area (Å²) in [5, 5.41) is 13.8. The number of thiazole rings is 1. The molecule has 1 atom stereocenters. The molecule has 0 saturated carbocycles. The Labute approximate surface area is 152 Å². The van der Waals surface area contributed by atoms with Crippen LogP contribution < -0.4 is 11.0 Å². The van der Waals surface area contributed by atoms with E-state index in [1.807, 2.05) is 13.8 Å². The molecule has 3 aromatic rings. The van der Waals surface area contributed by atoms with E-state index in [1.165, 1.54) is 4.88 Å². The van der Waals surface area contributed by atoms with E-state index in [2.05, 4.69) is 25.7 Å². The highest BCUT2D eigenvalue weighted by Crippen LogP contribution is 2.36. The molecule has 0 aliphatic heterocycles. The standard InChI is InChI=1S/C16H18N6O3S/c1-7-13(8(2)25-22-7)15-18-10-5-9(3-4-11(10)26-15)14(23)17-6-12-19-16(24)21-20-12/h9H,3-6H2,1-2H3,(H,17,23)(H2,19,20,21,24). The van der Waals surface area contributed by atoms with Crippen LogP contribution >= 0.6 is 11.3 Å². The van der Waals surface area contributed by atoms with Crippen molar-refractivity contribution in [3.63, 3.8) is 0 Å². The van der Waals surface area contributed by atoms with E-state index >= 15 is 0 Å². The number of nitrogens with one attached hydrogen (secondary N) is 3. The minimum Gasteiger partial charge on any atom is -0.361 e. The highest BCUT2D eigenvalue weighted by Gasteiger charge is 2.28. The summed E-state index contributed by atoms with van der Waals surface area (Å²) in [7, 11) is 0. The molecule has 9 nitrogen and oxygen atoms in total. The summed E-state index contributed by atoms with van der Waals surface area (Å²) in [5.74, 6) is 0.990. The Balaban J connectivity index is 1.46. The first-order valence-corrected chi connectivity index (χ1v) is 9.16. The minimum absolute atomic E-state index is 0.0496. The summed E-state index contributed by atoms with van der Waals surface area (Å²) >= 11 is 1.65. The monoisotopic (exact) mass is 374 g/mol. The number of fused-ring (bicyclic) bond motifs is 1. The third-order valence-electron chi connectivity index (χ3n) is 4.54.